The van der Waals surface area contributed by atoms with Gasteiger partial charge in [-0.25, -0.2) is 4.79 Å². The summed E-state index contributed by atoms with van der Waals surface area (Å²) in [5.41, 5.74) is 2.10. The SMILES string of the molecule is O=C(O)c1ccccc1-c1c2ccc(=O)cc-2oc2cc(O)ccc12.[Y]. The van der Waals surface area contributed by atoms with Gasteiger partial charge in [0.05, 0.1) is 5.56 Å². The van der Waals surface area contributed by atoms with Crippen LogP contribution < -0.4 is 5.43 Å². The van der Waals surface area contributed by atoms with Crippen LogP contribution in [0.25, 0.3) is 33.4 Å². The molecule has 1 heterocycles. The molecule has 0 bridgehead atoms. The average molecular weight is 421 g/mol. The van der Waals surface area contributed by atoms with E-state index in [2.05, 4.69) is 0 Å². The van der Waals surface area contributed by atoms with Gasteiger partial charge < -0.3 is 14.6 Å². The van der Waals surface area contributed by atoms with Crippen molar-refractivity contribution >= 4 is 16.9 Å². The number of benzene rings is 3. The maximum Gasteiger partial charge on any atom is 0.336 e. The van der Waals surface area contributed by atoms with E-state index in [1.165, 1.54) is 30.3 Å². The molecule has 2 aliphatic rings. The predicted molar refractivity (Wildman–Crippen MR) is 93.2 cm³/mol. The molecule has 0 fully saturated rings. The van der Waals surface area contributed by atoms with Crippen molar-refractivity contribution in [1.29, 1.82) is 0 Å². The molecule has 0 spiro atoms. The second-order valence-corrected chi connectivity index (χ2v) is 5.67. The standard InChI is InChI=1S/C20H12O5.Y/c21-11-5-7-15-17(9-11)25-18-10-12(22)6-8-16(18)19(15)13-3-1-2-4-14(13)20(23)24;/h1-10,21H,(H,23,24);. The molecule has 2 N–H and O–H groups in total. The first-order chi connectivity index (χ1) is 12.0. The summed E-state index contributed by atoms with van der Waals surface area (Å²) >= 11 is 0. The van der Waals surface area contributed by atoms with Crippen molar-refractivity contribution in [2.24, 2.45) is 0 Å². The molecule has 6 heteroatoms. The van der Waals surface area contributed by atoms with E-state index in [-0.39, 0.29) is 49.5 Å². The van der Waals surface area contributed by atoms with Crippen LogP contribution >= 0.6 is 0 Å². The number of carbonyl (C=O) groups is 1. The van der Waals surface area contributed by atoms with Crippen molar-refractivity contribution in [2.75, 3.05) is 0 Å². The minimum atomic E-state index is -1.04. The van der Waals surface area contributed by atoms with Gasteiger partial charge in [0.1, 0.15) is 17.1 Å². The summed E-state index contributed by atoms with van der Waals surface area (Å²) in [7, 11) is 0. The summed E-state index contributed by atoms with van der Waals surface area (Å²) in [6.07, 6.45) is 0. The zero-order valence-corrected chi connectivity index (χ0v) is 16.3. The van der Waals surface area contributed by atoms with Crippen LogP contribution in [-0.4, -0.2) is 16.2 Å². The van der Waals surface area contributed by atoms with Crippen molar-refractivity contribution in [3.8, 4) is 28.2 Å². The molecule has 0 atom stereocenters. The molecular formula is C20H12O5Y. The van der Waals surface area contributed by atoms with E-state index in [1.54, 1.807) is 30.3 Å². The first-order valence-corrected chi connectivity index (χ1v) is 7.57. The molecule has 0 unspecified atom stereocenters. The van der Waals surface area contributed by atoms with Gasteiger partial charge in [0.2, 0.25) is 0 Å². The molecule has 0 saturated heterocycles. The number of hydrogen-bond acceptors (Lipinski definition) is 4. The second kappa shape index (κ2) is 7.02. The van der Waals surface area contributed by atoms with Crippen LogP contribution in [0, 0.1) is 0 Å². The maximum absolute atomic E-state index is 11.7. The van der Waals surface area contributed by atoms with Crippen molar-refractivity contribution in [3.63, 3.8) is 0 Å². The molecule has 1 aliphatic heterocycles. The third-order valence-corrected chi connectivity index (χ3v) is 4.10. The zero-order valence-electron chi connectivity index (χ0n) is 13.5. The Morgan fingerprint density at radius 2 is 1.69 bits per heavy atom. The van der Waals surface area contributed by atoms with Crippen molar-refractivity contribution in [3.05, 3.63) is 76.5 Å². The van der Waals surface area contributed by atoms with Gasteiger partial charge in [0.15, 0.2) is 5.43 Å². The Hall–Kier alpha value is -2.50. The van der Waals surface area contributed by atoms with Gasteiger partial charge in [-0.15, -0.1) is 0 Å². The Labute approximate surface area is 173 Å². The molecule has 5 nitrogen and oxygen atoms in total. The molecule has 1 radical (unpaired) electrons. The Bertz CT molecular complexity index is 1160. The van der Waals surface area contributed by atoms with E-state index in [4.69, 9.17) is 4.42 Å². The number of fused-ring (bicyclic) bond motifs is 2. The number of hydrogen-bond donors (Lipinski definition) is 2. The van der Waals surface area contributed by atoms with Crippen LogP contribution in [0.1, 0.15) is 10.4 Å². The average Bonchev–Trinajstić information content (AvgIpc) is 2.59. The molecular weight excluding hydrogens is 409 g/mol. The Morgan fingerprint density at radius 1 is 0.923 bits per heavy atom. The normalized spacial score (nSPS) is 10.6. The van der Waals surface area contributed by atoms with Gasteiger partial charge in [0.25, 0.3) is 0 Å². The van der Waals surface area contributed by atoms with Crippen LogP contribution in [0.4, 0.5) is 0 Å². The third kappa shape index (κ3) is 3.04. The quantitative estimate of drug-likeness (QED) is 0.479. The van der Waals surface area contributed by atoms with E-state index in [9.17, 15) is 19.8 Å². The smallest absolute Gasteiger partial charge is 0.336 e. The van der Waals surface area contributed by atoms with Gasteiger partial charge in [-0.1, -0.05) is 18.2 Å². The van der Waals surface area contributed by atoms with E-state index in [1.807, 2.05) is 0 Å². The monoisotopic (exact) mass is 421 g/mol. The van der Waals surface area contributed by atoms with Crippen LogP contribution in [0.15, 0.2) is 69.9 Å². The van der Waals surface area contributed by atoms with Gasteiger partial charge >= 0.3 is 5.97 Å². The fourth-order valence-electron chi connectivity index (χ4n) is 3.04. The van der Waals surface area contributed by atoms with E-state index in [0.29, 0.717) is 33.4 Å². The summed E-state index contributed by atoms with van der Waals surface area (Å²) in [5.74, 6) is -0.691. The second-order valence-electron chi connectivity index (χ2n) is 5.67. The Morgan fingerprint density at radius 3 is 2.46 bits per heavy atom. The van der Waals surface area contributed by atoms with Crippen LogP contribution in [-0.2, 0) is 32.7 Å². The summed E-state index contributed by atoms with van der Waals surface area (Å²) in [5, 5.41) is 19.9. The summed E-state index contributed by atoms with van der Waals surface area (Å²) < 4.78 is 5.76. The van der Waals surface area contributed by atoms with Gasteiger partial charge in [-0.2, -0.15) is 0 Å². The molecule has 2 aromatic rings. The Kier molecular flexibility index (Phi) is 4.94. The topological polar surface area (TPSA) is 87.7 Å². The Balaban J connectivity index is 0.00000196. The van der Waals surface area contributed by atoms with E-state index in [0.717, 1.165) is 0 Å². The fourth-order valence-corrected chi connectivity index (χ4v) is 3.04. The molecule has 0 aromatic heterocycles. The minimum Gasteiger partial charge on any atom is -0.508 e. The van der Waals surface area contributed by atoms with Gasteiger partial charge in [0, 0.05) is 61.4 Å². The number of phenolic OH excluding ortho intramolecular Hbond substituents is 1. The van der Waals surface area contributed by atoms with Crippen LogP contribution in [0.2, 0.25) is 0 Å². The predicted octanol–water partition coefficient (Wildman–Crippen LogP) is 3.97. The third-order valence-electron chi connectivity index (χ3n) is 4.10. The summed E-state index contributed by atoms with van der Waals surface area (Å²) in [6, 6.07) is 15.7. The number of phenols is 1. The van der Waals surface area contributed by atoms with Crippen molar-refractivity contribution in [1.82, 2.24) is 0 Å². The summed E-state index contributed by atoms with van der Waals surface area (Å²) in [6.45, 7) is 0. The van der Waals surface area contributed by atoms with Gasteiger partial charge in [-0.05, 0) is 35.9 Å². The van der Waals surface area contributed by atoms with E-state index >= 15 is 0 Å². The molecule has 0 saturated carbocycles. The van der Waals surface area contributed by atoms with Crippen molar-refractivity contribution < 1.29 is 52.1 Å². The fraction of sp³-hybridized carbons (Fsp3) is 0. The van der Waals surface area contributed by atoms with Gasteiger partial charge in [-0.3, -0.25) is 4.79 Å². The molecule has 26 heavy (non-hydrogen) atoms. The first kappa shape index (κ1) is 18.3. The largest absolute Gasteiger partial charge is 0.508 e. The molecule has 125 valence electrons. The number of carboxylic acids is 1. The number of rotatable bonds is 2. The minimum absolute atomic E-state index is 0. The molecule has 2 aromatic carbocycles. The van der Waals surface area contributed by atoms with Crippen LogP contribution in [0.5, 0.6) is 5.75 Å². The summed E-state index contributed by atoms with van der Waals surface area (Å²) in [4.78, 5) is 23.4. The molecule has 0 amide bonds. The number of carboxylic acid groups (broad SMARTS) is 1. The molecule has 1 aliphatic carbocycles. The van der Waals surface area contributed by atoms with E-state index < -0.39 is 5.97 Å². The van der Waals surface area contributed by atoms with Crippen LogP contribution in [0.3, 0.4) is 0 Å². The number of aromatic carboxylic acids is 1. The molecule has 4 rings (SSSR count). The zero-order chi connectivity index (χ0) is 17.6. The van der Waals surface area contributed by atoms with Crippen molar-refractivity contribution in [2.45, 2.75) is 0 Å². The maximum atomic E-state index is 11.7. The number of aromatic hydroxyl groups is 1. The first-order valence-electron chi connectivity index (χ1n) is 7.57.